The van der Waals surface area contributed by atoms with Crippen LogP contribution in [0.1, 0.15) is 71.3 Å². The largest absolute Gasteiger partial charge is 0.507 e. The van der Waals surface area contributed by atoms with E-state index in [0.29, 0.717) is 17.7 Å². The van der Waals surface area contributed by atoms with E-state index in [1.807, 2.05) is 25.1 Å². The van der Waals surface area contributed by atoms with Crippen molar-refractivity contribution < 1.29 is 14.6 Å². The minimum absolute atomic E-state index is 0.183. The number of nitrogens with zero attached hydrogens (tertiary/aromatic N) is 1. The van der Waals surface area contributed by atoms with Crippen molar-refractivity contribution in [3.05, 3.63) is 42.5 Å². The van der Waals surface area contributed by atoms with Crippen molar-refractivity contribution >= 4 is 17.2 Å². The van der Waals surface area contributed by atoms with Crippen molar-refractivity contribution in [3.8, 4) is 5.75 Å². The van der Waals surface area contributed by atoms with E-state index in [-0.39, 0.29) is 11.7 Å². The van der Waals surface area contributed by atoms with Crippen molar-refractivity contribution in [2.45, 2.75) is 65.7 Å². The van der Waals surface area contributed by atoms with Crippen molar-refractivity contribution in [1.29, 1.82) is 0 Å². The van der Waals surface area contributed by atoms with E-state index in [0.717, 1.165) is 38.0 Å². The number of anilines is 1. The number of rotatable bonds is 14. The smallest absolute Gasteiger partial charge is 0.331 e. The molecule has 1 N–H and O–H groups in total. The van der Waals surface area contributed by atoms with Gasteiger partial charge in [0.2, 0.25) is 0 Å². The molecule has 4 heteroatoms. The molecule has 0 fully saturated rings. The number of phenols is 1. The topological polar surface area (TPSA) is 49.8 Å². The molecule has 0 saturated carbocycles. The van der Waals surface area contributed by atoms with Crippen LogP contribution >= 0.6 is 0 Å². The van der Waals surface area contributed by atoms with E-state index in [1.165, 1.54) is 31.8 Å². The Morgan fingerprint density at radius 2 is 1.75 bits per heavy atom. The number of unbranched alkanes of at least 4 members (excludes halogenated alkanes) is 6. The summed E-state index contributed by atoms with van der Waals surface area (Å²) >= 11 is 0. The zero-order valence-electron chi connectivity index (χ0n) is 17.9. The molecule has 0 aliphatic heterocycles. The average molecular weight is 388 g/mol. The van der Waals surface area contributed by atoms with Gasteiger partial charge in [-0.05, 0) is 57.7 Å². The van der Waals surface area contributed by atoms with E-state index in [1.54, 1.807) is 6.07 Å². The monoisotopic (exact) mass is 387 g/mol. The van der Waals surface area contributed by atoms with Gasteiger partial charge in [-0.3, -0.25) is 0 Å². The number of benzene rings is 1. The van der Waals surface area contributed by atoms with Crippen molar-refractivity contribution in [3.63, 3.8) is 0 Å². The first-order valence-electron chi connectivity index (χ1n) is 10.6. The Hall–Kier alpha value is -2.23. The Bertz CT molecular complexity index is 633. The molecule has 0 atom stereocenters. The third-order valence-electron chi connectivity index (χ3n) is 4.92. The van der Waals surface area contributed by atoms with Gasteiger partial charge >= 0.3 is 5.97 Å². The lowest BCUT2D eigenvalue weighted by Gasteiger charge is -2.21. The van der Waals surface area contributed by atoms with Gasteiger partial charge < -0.3 is 14.7 Å². The first-order valence-corrected chi connectivity index (χ1v) is 10.6. The molecule has 1 aromatic rings. The molecule has 156 valence electrons. The molecule has 0 spiro atoms. The molecule has 0 saturated heterocycles. The van der Waals surface area contributed by atoms with Crippen LogP contribution in [-0.2, 0) is 9.53 Å². The summed E-state index contributed by atoms with van der Waals surface area (Å²) < 4.78 is 5.30. The summed E-state index contributed by atoms with van der Waals surface area (Å²) in [4.78, 5) is 14.2. The van der Waals surface area contributed by atoms with Crippen molar-refractivity contribution in [1.82, 2.24) is 0 Å². The van der Waals surface area contributed by atoms with E-state index >= 15 is 0 Å². The molecular formula is C24H37NO3. The second-order valence-electron chi connectivity index (χ2n) is 7.07. The van der Waals surface area contributed by atoms with Gasteiger partial charge in [-0.2, -0.15) is 0 Å². The lowest BCUT2D eigenvalue weighted by atomic mass is 10.0. The third-order valence-corrected chi connectivity index (χ3v) is 4.92. The summed E-state index contributed by atoms with van der Waals surface area (Å²) in [7, 11) is 0. The lowest BCUT2D eigenvalue weighted by molar-refractivity contribution is -0.137. The van der Waals surface area contributed by atoms with Gasteiger partial charge in [0.05, 0.1) is 6.61 Å². The van der Waals surface area contributed by atoms with Gasteiger partial charge in [0.15, 0.2) is 0 Å². The van der Waals surface area contributed by atoms with Gasteiger partial charge in [-0.15, -0.1) is 6.58 Å². The summed E-state index contributed by atoms with van der Waals surface area (Å²) in [5, 5.41) is 10.3. The second-order valence-corrected chi connectivity index (χ2v) is 7.07. The van der Waals surface area contributed by atoms with Crippen molar-refractivity contribution in [2.24, 2.45) is 0 Å². The van der Waals surface area contributed by atoms with E-state index < -0.39 is 0 Å². The number of ether oxygens (including phenoxy) is 1. The molecule has 0 amide bonds. The fraction of sp³-hybridized carbons (Fsp3) is 0.542. The molecule has 0 heterocycles. The van der Waals surface area contributed by atoms with Crippen LogP contribution in [0.5, 0.6) is 5.75 Å². The zero-order valence-corrected chi connectivity index (χ0v) is 17.9. The van der Waals surface area contributed by atoms with Crippen LogP contribution in [0.2, 0.25) is 0 Å². The van der Waals surface area contributed by atoms with E-state index in [9.17, 15) is 9.90 Å². The highest BCUT2D eigenvalue weighted by Crippen LogP contribution is 2.29. The number of hydrogen-bond donors (Lipinski definition) is 1. The van der Waals surface area contributed by atoms with Crippen LogP contribution in [0.25, 0.3) is 5.57 Å². The fourth-order valence-electron chi connectivity index (χ4n) is 3.21. The van der Waals surface area contributed by atoms with Gasteiger partial charge in [-0.1, -0.05) is 31.8 Å². The number of allylic oxidation sites excluding steroid dienone is 2. The minimum atomic E-state index is -0.351. The van der Waals surface area contributed by atoms with Crippen LogP contribution in [0.4, 0.5) is 5.69 Å². The quantitative estimate of drug-likeness (QED) is 0.181. The molecule has 0 aromatic heterocycles. The van der Waals surface area contributed by atoms with Crippen molar-refractivity contribution in [2.75, 3.05) is 24.6 Å². The van der Waals surface area contributed by atoms with Gasteiger partial charge in [0.1, 0.15) is 5.75 Å². The number of aromatic hydroxyl groups is 1. The van der Waals surface area contributed by atoms with Crippen LogP contribution in [0.3, 0.4) is 0 Å². The molecule has 28 heavy (non-hydrogen) atoms. The lowest BCUT2D eigenvalue weighted by Crippen LogP contribution is -2.21. The van der Waals surface area contributed by atoms with E-state index in [2.05, 4.69) is 25.3 Å². The molecule has 1 rings (SSSR count). The number of carbonyl (C=O) groups is 1. The molecule has 0 unspecified atom stereocenters. The zero-order chi connectivity index (χ0) is 20.8. The average Bonchev–Trinajstić information content (AvgIpc) is 2.67. The van der Waals surface area contributed by atoms with Crippen LogP contribution in [0, 0.1) is 0 Å². The Labute approximate surface area is 170 Å². The highest BCUT2D eigenvalue weighted by molar-refractivity contribution is 5.91. The second kappa shape index (κ2) is 13.9. The number of carbonyl (C=O) groups excluding carboxylic acids is 1. The number of phenolic OH excluding ortho intramolecular Hbond substituents is 1. The molecule has 0 aliphatic carbocycles. The molecule has 0 aliphatic rings. The summed E-state index contributed by atoms with van der Waals surface area (Å²) in [6.45, 7) is 11.9. The minimum Gasteiger partial charge on any atom is -0.507 e. The Morgan fingerprint density at radius 1 is 1.11 bits per heavy atom. The van der Waals surface area contributed by atoms with Gasteiger partial charge in [-0.25, -0.2) is 4.79 Å². The summed E-state index contributed by atoms with van der Waals surface area (Å²) in [5.74, 6) is -0.168. The Morgan fingerprint density at radius 3 is 2.36 bits per heavy atom. The highest BCUT2D eigenvalue weighted by Gasteiger charge is 2.09. The molecule has 1 aromatic carbocycles. The Kier molecular flexibility index (Phi) is 11.8. The molecule has 0 bridgehead atoms. The fourth-order valence-corrected chi connectivity index (χ4v) is 3.21. The standard InChI is InChI=1S/C24H37NO3/c1-5-8-9-10-11-12-13-14-17-28-24(27)18-20(4)22-16-15-21(19-23(22)26)25(6-2)7-3/h5,15-16,18-19,26H,1,6-14,17H2,2-4H3/b20-18-. The Balaban J connectivity index is 2.42. The SMILES string of the molecule is C=CCCCCCCCCOC(=O)/C=C(/C)c1ccc(N(CC)CC)cc1O. The van der Waals surface area contributed by atoms with E-state index in [4.69, 9.17) is 4.74 Å². The maximum absolute atomic E-state index is 12.0. The predicted molar refractivity (Wildman–Crippen MR) is 119 cm³/mol. The number of hydrogen-bond acceptors (Lipinski definition) is 4. The molecule has 4 nitrogen and oxygen atoms in total. The summed E-state index contributed by atoms with van der Waals surface area (Å²) in [5.41, 5.74) is 2.34. The van der Waals surface area contributed by atoms with Crippen LogP contribution < -0.4 is 4.90 Å². The highest BCUT2D eigenvalue weighted by atomic mass is 16.5. The summed E-state index contributed by atoms with van der Waals surface area (Å²) in [6.07, 6.45) is 11.4. The summed E-state index contributed by atoms with van der Waals surface area (Å²) in [6, 6.07) is 5.58. The maximum atomic E-state index is 12.0. The van der Waals surface area contributed by atoms with Crippen LogP contribution in [0.15, 0.2) is 36.9 Å². The first-order chi connectivity index (χ1) is 13.5. The number of esters is 1. The first kappa shape index (κ1) is 23.8. The van der Waals surface area contributed by atoms with Crippen LogP contribution in [-0.4, -0.2) is 30.8 Å². The molecular weight excluding hydrogens is 350 g/mol. The van der Waals surface area contributed by atoms with Gasteiger partial charge in [0.25, 0.3) is 0 Å². The molecule has 0 radical (unpaired) electrons. The normalized spacial score (nSPS) is 11.3. The predicted octanol–water partition coefficient (Wildman–Crippen LogP) is 6.10. The maximum Gasteiger partial charge on any atom is 0.331 e. The van der Waals surface area contributed by atoms with Gasteiger partial charge in [0, 0.05) is 36.5 Å². The third kappa shape index (κ3) is 8.64.